The summed E-state index contributed by atoms with van der Waals surface area (Å²) in [4.78, 5) is 46.1. The Balaban J connectivity index is 6.66. The molecule has 20 heavy (non-hydrogen) atoms. The molecule has 0 aliphatic rings. The van der Waals surface area contributed by atoms with Crippen LogP contribution in [0.2, 0.25) is 0 Å². The van der Waals surface area contributed by atoms with Gasteiger partial charge < -0.3 is 20.4 Å². The van der Waals surface area contributed by atoms with Crippen LogP contribution in [0.4, 0.5) is 0 Å². The maximum absolute atomic E-state index is 11.7. The molecule has 0 amide bonds. The first-order chi connectivity index (χ1) is 8.83. The van der Waals surface area contributed by atoms with E-state index in [1.54, 1.807) is 0 Å². The highest BCUT2D eigenvalue weighted by Crippen LogP contribution is 2.38. The molecular formula is C11H15BrO8. The first kappa shape index (κ1) is 19.0. The van der Waals surface area contributed by atoms with Crippen molar-refractivity contribution >= 4 is 38.0 Å². The van der Waals surface area contributed by atoms with E-state index in [2.05, 4.69) is 15.9 Å². The lowest BCUT2D eigenvalue weighted by Gasteiger charge is -2.45. The monoisotopic (exact) mass is 354 g/mol. The number of Topliss-reactive ketones (excluding diaryl/α,β-unsaturated/α-hetero) is 3. The van der Waals surface area contributed by atoms with Crippen LogP contribution in [-0.2, 0) is 19.2 Å². The average Bonchev–Trinajstić information content (AvgIpc) is 2.34. The van der Waals surface area contributed by atoms with E-state index in [0.717, 1.165) is 0 Å². The van der Waals surface area contributed by atoms with E-state index in [1.165, 1.54) is 0 Å². The van der Waals surface area contributed by atoms with Crippen LogP contribution < -0.4 is 0 Å². The SMILES string of the molecule is CC(=O)[C@@](O)(C(=O)Br)[C@@](O)(C(C)=O)[C@@](O)(CO)C(C)=O. The lowest BCUT2D eigenvalue weighted by Crippen LogP contribution is -2.78. The number of hydrogen-bond acceptors (Lipinski definition) is 8. The van der Waals surface area contributed by atoms with Crippen LogP contribution in [0, 0.1) is 0 Å². The van der Waals surface area contributed by atoms with Gasteiger partial charge in [0.1, 0.15) is 0 Å². The van der Waals surface area contributed by atoms with Crippen LogP contribution in [0.25, 0.3) is 0 Å². The van der Waals surface area contributed by atoms with Gasteiger partial charge in [0.2, 0.25) is 15.9 Å². The molecule has 0 aliphatic carbocycles. The first-order valence-corrected chi connectivity index (χ1v) is 6.14. The minimum absolute atomic E-state index is 0.646. The Morgan fingerprint density at radius 1 is 0.900 bits per heavy atom. The Morgan fingerprint density at radius 2 is 1.30 bits per heavy atom. The molecule has 0 spiro atoms. The normalized spacial score (nSPS) is 20.2. The van der Waals surface area contributed by atoms with Gasteiger partial charge in [-0.1, -0.05) is 0 Å². The second kappa shape index (κ2) is 5.78. The van der Waals surface area contributed by atoms with Gasteiger partial charge in [-0.2, -0.15) is 0 Å². The third kappa shape index (κ3) is 2.25. The molecule has 0 saturated heterocycles. The summed E-state index contributed by atoms with van der Waals surface area (Å²) in [5.41, 5.74) is -10.2. The van der Waals surface area contributed by atoms with Crippen molar-refractivity contribution in [1.29, 1.82) is 0 Å². The molecule has 0 aliphatic heterocycles. The molecule has 4 N–H and O–H groups in total. The summed E-state index contributed by atoms with van der Waals surface area (Å²) in [7, 11) is 0. The van der Waals surface area contributed by atoms with Gasteiger partial charge in [0.15, 0.2) is 23.0 Å². The standard InChI is InChI=1S/C11H15BrO8/c1-5(14)9(18,4-13)11(20,7(3)16)10(19,6(2)15)8(12)17/h13,18-20H,4H2,1-3H3/t9-,10-,11-/m1/s1. The van der Waals surface area contributed by atoms with Crippen molar-refractivity contribution in [3.63, 3.8) is 0 Å². The van der Waals surface area contributed by atoms with Gasteiger partial charge >= 0.3 is 0 Å². The second-order valence-electron chi connectivity index (χ2n) is 4.38. The smallest absolute Gasteiger partial charge is 0.240 e. The molecule has 0 saturated carbocycles. The summed E-state index contributed by atoms with van der Waals surface area (Å²) < 4.78 is -1.54. The van der Waals surface area contributed by atoms with Crippen molar-refractivity contribution in [2.45, 2.75) is 37.6 Å². The van der Waals surface area contributed by atoms with E-state index in [4.69, 9.17) is 5.11 Å². The third-order valence-corrected chi connectivity index (χ3v) is 3.81. The van der Waals surface area contributed by atoms with Crippen LogP contribution in [0.1, 0.15) is 20.8 Å². The highest BCUT2D eigenvalue weighted by Gasteiger charge is 2.71. The second-order valence-corrected chi connectivity index (χ2v) is 5.10. The largest absolute Gasteiger partial charge is 0.393 e. The molecule has 3 atom stereocenters. The zero-order valence-electron chi connectivity index (χ0n) is 11.0. The summed E-state index contributed by atoms with van der Waals surface area (Å²) in [6.45, 7) is 0.538. The summed E-state index contributed by atoms with van der Waals surface area (Å²) in [5.74, 6) is -4.16. The summed E-state index contributed by atoms with van der Waals surface area (Å²) >= 11 is 2.25. The molecule has 0 heterocycles. The van der Waals surface area contributed by atoms with E-state index in [9.17, 15) is 34.5 Å². The predicted molar refractivity (Wildman–Crippen MR) is 67.9 cm³/mol. The molecule has 0 rings (SSSR count). The van der Waals surface area contributed by atoms with Gasteiger partial charge in [0, 0.05) is 0 Å². The maximum atomic E-state index is 11.7. The Bertz CT molecular complexity index is 459. The molecule has 0 bridgehead atoms. The molecule has 0 radical (unpaired) electrons. The number of carbonyl (C=O) groups is 4. The topological polar surface area (TPSA) is 149 Å². The van der Waals surface area contributed by atoms with Crippen molar-refractivity contribution in [3.05, 3.63) is 0 Å². The number of halogens is 1. The molecule has 0 fully saturated rings. The van der Waals surface area contributed by atoms with Gasteiger partial charge in [0.05, 0.1) is 6.61 Å². The average molecular weight is 355 g/mol. The zero-order valence-corrected chi connectivity index (χ0v) is 12.6. The molecular weight excluding hydrogens is 340 g/mol. The number of carbonyl (C=O) groups excluding carboxylic acids is 4. The van der Waals surface area contributed by atoms with Crippen LogP contribution in [0.3, 0.4) is 0 Å². The Morgan fingerprint density at radius 3 is 1.45 bits per heavy atom. The van der Waals surface area contributed by atoms with E-state index in [1.807, 2.05) is 0 Å². The van der Waals surface area contributed by atoms with Crippen LogP contribution in [0.15, 0.2) is 0 Å². The van der Waals surface area contributed by atoms with Crippen LogP contribution in [-0.4, -0.2) is 65.9 Å². The fourth-order valence-electron chi connectivity index (χ4n) is 1.86. The van der Waals surface area contributed by atoms with Gasteiger partial charge in [-0.15, -0.1) is 0 Å². The number of aliphatic hydroxyl groups excluding tert-OH is 1. The molecule has 9 heteroatoms. The highest BCUT2D eigenvalue weighted by atomic mass is 79.9. The number of rotatable bonds is 7. The Kier molecular flexibility index (Phi) is 5.49. The molecule has 0 aromatic heterocycles. The minimum atomic E-state index is -3.55. The van der Waals surface area contributed by atoms with Gasteiger partial charge in [-0.3, -0.25) is 19.2 Å². The highest BCUT2D eigenvalue weighted by molar-refractivity contribution is 9.18. The summed E-state index contributed by atoms with van der Waals surface area (Å²) in [5, 5.41) is 39.7. The molecule has 0 aromatic rings. The van der Waals surface area contributed by atoms with Crippen molar-refractivity contribution < 1.29 is 39.6 Å². The fraction of sp³-hybridized carbons (Fsp3) is 0.636. The molecule has 0 unspecified atom stereocenters. The first-order valence-electron chi connectivity index (χ1n) is 5.35. The third-order valence-electron chi connectivity index (χ3n) is 3.24. The summed E-state index contributed by atoms with van der Waals surface area (Å²) in [6, 6.07) is 0. The minimum Gasteiger partial charge on any atom is -0.393 e. The van der Waals surface area contributed by atoms with E-state index in [0.29, 0.717) is 20.8 Å². The number of ketones is 3. The predicted octanol–water partition coefficient (Wildman–Crippen LogP) is -2.14. The van der Waals surface area contributed by atoms with Crippen molar-refractivity contribution in [1.82, 2.24) is 0 Å². The van der Waals surface area contributed by atoms with E-state index < -0.39 is 45.5 Å². The fourth-order valence-corrected chi connectivity index (χ4v) is 2.43. The zero-order chi connectivity index (χ0) is 16.5. The lowest BCUT2D eigenvalue weighted by molar-refractivity contribution is -0.229. The number of aliphatic hydroxyl groups is 4. The van der Waals surface area contributed by atoms with Gasteiger partial charge in [-0.25, -0.2) is 0 Å². The van der Waals surface area contributed by atoms with Crippen LogP contribution in [0.5, 0.6) is 0 Å². The molecule has 114 valence electrons. The quantitative estimate of drug-likeness (QED) is 0.299. The van der Waals surface area contributed by atoms with E-state index >= 15 is 0 Å². The molecule has 8 nitrogen and oxygen atoms in total. The maximum Gasteiger partial charge on any atom is 0.240 e. The van der Waals surface area contributed by atoms with Crippen molar-refractivity contribution in [2.24, 2.45) is 0 Å². The lowest BCUT2D eigenvalue weighted by atomic mass is 9.66. The van der Waals surface area contributed by atoms with Crippen LogP contribution >= 0.6 is 15.9 Å². The van der Waals surface area contributed by atoms with Crippen molar-refractivity contribution in [2.75, 3.05) is 6.61 Å². The Hall–Kier alpha value is -1.00. The number of hydrogen-bond donors (Lipinski definition) is 4. The van der Waals surface area contributed by atoms with E-state index in [-0.39, 0.29) is 0 Å². The Labute approximate surface area is 122 Å². The van der Waals surface area contributed by atoms with Gasteiger partial charge in [0.25, 0.3) is 0 Å². The van der Waals surface area contributed by atoms with Crippen molar-refractivity contribution in [3.8, 4) is 0 Å². The van der Waals surface area contributed by atoms with Gasteiger partial charge in [-0.05, 0) is 36.7 Å². The molecule has 0 aromatic carbocycles. The summed E-state index contributed by atoms with van der Waals surface area (Å²) in [6.07, 6.45) is 0.